The topological polar surface area (TPSA) is 70.7 Å². The molecule has 0 fully saturated rings. The largest absolute Gasteiger partial charge is 0.497 e. The number of carbonyl (C=O) groups excluding carboxylic acids is 2. The molecule has 2 aromatic carbocycles. The summed E-state index contributed by atoms with van der Waals surface area (Å²) in [6.45, 7) is 6.84. The minimum atomic E-state index is -0.166. The lowest BCUT2D eigenvalue weighted by Crippen LogP contribution is -2.38. The highest BCUT2D eigenvalue weighted by Gasteiger charge is 2.14. The predicted octanol–water partition coefficient (Wildman–Crippen LogP) is 3.21. The molecule has 0 radical (unpaired) electrons. The van der Waals surface area contributed by atoms with Crippen LogP contribution in [0.15, 0.2) is 42.5 Å². The highest BCUT2D eigenvalue weighted by atomic mass is 16.5. The lowest BCUT2D eigenvalue weighted by Gasteiger charge is -2.19. The van der Waals surface area contributed by atoms with Gasteiger partial charge in [0.05, 0.1) is 20.2 Å². The second kappa shape index (κ2) is 9.73. The van der Waals surface area contributed by atoms with Crippen molar-refractivity contribution in [3.8, 4) is 5.75 Å². The lowest BCUT2D eigenvalue weighted by molar-refractivity contribution is -0.119. The molecule has 0 aliphatic carbocycles. The average Bonchev–Trinajstić information content (AvgIpc) is 2.64. The Morgan fingerprint density at radius 3 is 1.96 bits per heavy atom. The van der Waals surface area contributed by atoms with E-state index in [1.54, 1.807) is 36.3 Å². The van der Waals surface area contributed by atoms with Crippen LogP contribution >= 0.6 is 0 Å². The number of aryl methyl sites for hydroxylation is 2. The highest BCUT2D eigenvalue weighted by Crippen LogP contribution is 2.15. The first-order valence-corrected chi connectivity index (χ1v) is 8.94. The van der Waals surface area contributed by atoms with Crippen LogP contribution in [0.2, 0.25) is 0 Å². The summed E-state index contributed by atoms with van der Waals surface area (Å²) in [6, 6.07) is 12.9. The van der Waals surface area contributed by atoms with E-state index < -0.39 is 0 Å². The SMILES string of the molecule is CCN(CC(=O)Nc1ccc(OC)cc1)CC(=O)Nc1ccc(C)c(C)c1. The van der Waals surface area contributed by atoms with Gasteiger partial charge < -0.3 is 15.4 Å². The number of ether oxygens (including phenoxy) is 1. The van der Waals surface area contributed by atoms with Crippen molar-refractivity contribution in [2.45, 2.75) is 20.8 Å². The quantitative estimate of drug-likeness (QED) is 0.750. The van der Waals surface area contributed by atoms with E-state index in [4.69, 9.17) is 4.74 Å². The summed E-state index contributed by atoms with van der Waals surface area (Å²) >= 11 is 0. The Morgan fingerprint density at radius 2 is 1.44 bits per heavy atom. The molecule has 27 heavy (non-hydrogen) atoms. The number of hydrogen-bond donors (Lipinski definition) is 2. The van der Waals surface area contributed by atoms with Crippen LogP contribution in [0.5, 0.6) is 5.75 Å². The van der Waals surface area contributed by atoms with E-state index in [0.29, 0.717) is 12.2 Å². The second-order valence-corrected chi connectivity index (χ2v) is 6.43. The molecule has 0 aliphatic heterocycles. The summed E-state index contributed by atoms with van der Waals surface area (Å²) < 4.78 is 5.10. The third-order valence-corrected chi connectivity index (χ3v) is 4.35. The zero-order chi connectivity index (χ0) is 19.8. The molecule has 0 unspecified atom stereocenters. The van der Waals surface area contributed by atoms with Crippen LogP contribution in [0.1, 0.15) is 18.1 Å². The first-order chi connectivity index (χ1) is 12.9. The average molecular weight is 369 g/mol. The van der Waals surface area contributed by atoms with Crippen molar-refractivity contribution in [1.29, 1.82) is 0 Å². The van der Waals surface area contributed by atoms with Crippen LogP contribution < -0.4 is 15.4 Å². The molecular formula is C21H27N3O3. The number of likely N-dealkylation sites (N-methyl/N-ethyl adjacent to an activating group) is 1. The fourth-order valence-electron chi connectivity index (χ4n) is 2.58. The van der Waals surface area contributed by atoms with Gasteiger partial charge in [-0.05, 0) is 67.9 Å². The number of hydrogen-bond acceptors (Lipinski definition) is 4. The Balaban J connectivity index is 1.86. The maximum Gasteiger partial charge on any atom is 0.238 e. The van der Waals surface area contributed by atoms with Gasteiger partial charge in [-0.1, -0.05) is 13.0 Å². The molecule has 2 aromatic rings. The number of rotatable bonds is 8. The Kier molecular flexibility index (Phi) is 7.37. The molecule has 0 atom stereocenters. The third kappa shape index (κ3) is 6.42. The summed E-state index contributed by atoms with van der Waals surface area (Å²) in [5, 5.41) is 5.71. The van der Waals surface area contributed by atoms with Gasteiger partial charge in [0.1, 0.15) is 5.75 Å². The lowest BCUT2D eigenvalue weighted by atomic mass is 10.1. The molecule has 0 aromatic heterocycles. The Labute approximate surface area is 160 Å². The van der Waals surface area contributed by atoms with Crippen LogP contribution in [0.4, 0.5) is 11.4 Å². The smallest absolute Gasteiger partial charge is 0.238 e. The normalized spacial score (nSPS) is 10.6. The number of amides is 2. The summed E-state index contributed by atoms with van der Waals surface area (Å²) in [5.41, 5.74) is 3.76. The van der Waals surface area contributed by atoms with E-state index in [-0.39, 0.29) is 24.9 Å². The van der Waals surface area contributed by atoms with Crippen molar-refractivity contribution in [1.82, 2.24) is 4.90 Å². The van der Waals surface area contributed by atoms with Gasteiger partial charge in [-0.25, -0.2) is 0 Å². The van der Waals surface area contributed by atoms with Crippen molar-refractivity contribution in [3.63, 3.8) is 0 Å². The molecule has 2 rings (SSSR count). The van der Waals surface area contributed by atoms with Crippen molar-refractivity contribution in [2.75, 3.05) is 37.4 Å². The standard InChI is InChI=1S/C21H27N3O3/c1-5-24(13-20(25)22-17-8-10-19(27-4)11-9-17)14-21(26)23-18-7-6-15(2)16(3)12-18/h6-12H,5,13-14H2,1-4H3,(H,22,25)(H,23,26). The number of nitrogens with zero attached hydrogens (tertiary/aromatic N) is 1. The Morgan fingerprint density at radius 1 is 0.889 bits per heavy atom. The van der Waals surface area contributed by atoms with Gasteiger partial charge in [-0.2, -0.15) is 0 Å². The molecule has 0 saturated heterocycles. The van der Waals surface area contributed by atoms with E-state index >= 15 is 0 Å². The van der Waals surface area contributed by atoms with Gasteiger partial charge >= 0.3 is 0 Å². The van der Waals surface area contributed by atoms with Crippen molar-refractivity contribution in [2.24, 2.45) is 0 Å². The molecule has 144 valence electrons. The summed E-state index contributed by atoms with van der Waals surface area (Å²) in [6.07, 6.45) is 0. The maximum absolute atomic E-state index is 12.3. The number of benzene rings is 2. The zero-order valence-electron chi connectivity index (χ0n) is 16.3. The minimum Gasteiger partial charge on any atom is -0.497 e. The van der Waals surface area contributed by atoms with Crippen LogP contribution in [-0.2, 0) is 9.59 Å². The number of anilines is 2. The van der Waals surface area contributed by atoms with E-state index in [1.165, 1.54) is 5.56 Å². The third-order valence-electron chi connectivity index (χ3n) is 4.35. The molecule has 0 bridgehead atoms. The molecule has 6 nitrogen and oxygen atoms in total. The summed E-state index contributed by atoms with van der Waals surface area (Å²) in [4.78, 5) is 26.3. The van der Waals surface area contributed by atoms with E-state index in [2.05, 4.69) is 10.6 Å². The van der Waals surface area contributed by atoms with E-state index in [1.807, 2.05) is 39.0 Å². The van der Waals surface area contributed by atoms with Crippen LogP contribution in [-0.4, -0.2) is 43.5 Å². The van der Waals surface area contributed by atoms with Crippen molar-refractivity contribution in [3.05, 3.63) is 53.6 Å². The minimum absolute atomic E-state index is 0.141. The van der Waals surface area contributed by atoms with Crippen molar-refractivity contribution < 1.29 is 14.3 Å². The Bertz CT molecular complexity index is 788. The van der Waals surface area contributed by atoms with Gasteiger partial charge in [-0.3, -0.25) is 14.5 Å². The van der Waals surface area contributed by atoms with E-state index in [0.717, 1.165) is 17.0 Å². The van der Waals surface area contributed by atoms with Crippen molar-refractivity contribution >= 4 is 23.2 Å². The highest BCUT2D eigenvalue weighted by molar-refractivity contribution is 5.94. The van der Waals surface area contributed by atoms with Crippen LogP contribution in [0, 0.1) is 13.8 Å². The first-order valence-electron chi connectivity index (χ1n) is 8.94. The molecule has 2 N–H and O–H groups in total. The van der Waals surface area contributed by atoms with Gasteiger partial charge in [0.2, 0.25) is 11.8 Å². The summed E-state index contributed by atoms with van der Waals surface area (Å²) in [7, 11) is 1.59. The molecule has 0 spiro atoms. The summed E-state index contributed by atoms with van der Waals surface area (Å²) in [5.74, 6) is 0.421. The molecule has 0 saturated carbocycles. The van der Waals surface area contributed by atoms with Crippen LogP contribution in [0.25, 0.3) is 0 Å². The predicted molar refractivity (Wildman–Crippen MR) is 108 cm³/mol. The fraction of sp³-hybridized carbons (Fsp3) is 0.333. The Hall–Kier alpha value is -2.86. The van der Waals surface area contributed by atoms with Crippen LogP contribution in [0.3, 0.4) is 0 Å². The number of methoxy groups -OCH3 is 1. The van der Waals surface area contributed by atoms with Gasteiger partial charge in [0, 0.05) is 11.4 Å². The van der Waals surface area contributed by atoms with Gasteiger partial charge in [0.15, 0.2) is 0 Å². The molecule has 6 heteroatoms. The number of nitrogens with one attached hydrogen (secondary N) is 2. The molecular weight excluding hydrogens is 342 g/mol. The van der Waals surface area contributed by atoms with Gasteiger partial charge in [-0.15, -0.1) is 0 Å². The maximum atomic E-state index is 12.3. The molecule has 2 amide bonds. The first kappa shape index (κ1) is 20.5. The van der Waals surface area contributed by atoms with E-state index in [9.17, 15) is 9.59 Å². The zero-order valence-corrected chi connectivity index (χ0v) is 16.3. The second-order valence-electron chi connectivity index (χ2n) is 6.43. The monoisotopic (exact) mass is 369 g/mol. The molecule has 0 heterocycles. The molecule has 0 aliphatic rings. The number of carbonyl (C=O) groups is 2. The van der Waals surface area contributed by atoms with Gasteiger partial charge in [0.25, 0.3) is 0 Å². The fourth-order valence-corrected chi connectivity index (χ4v) is 2.58.